The molecule has 0 radical (unpaired) electrons. The van der Waals surface area contributed by atoms with Crippen LogP contribution in [-0.4, -0.2) is 29.7 Å². The molecule has 0 saturated carbocycles. The van der Waals surface area contributed by atoms with E-state index in [1.54, 1.807) is 0 Å². The molecule has 0 atom stereocenters. The molecule has 0 aliphatic heterocycles. The van der Waals surface area contributed by atoms with Gasteiger partial charge >= 0.3 is 6.01 Å². The maximum Gasteiger partial charge on any atom is 0.318 e. The van der Waals surface area contributed by atoms with E-state index >= 15 is 0 Å². The summed E-state index contributed by atoms with van der Waals surface area (Å²) in [6.07, 6.45) is 0.948. The number of ether oxygens (including phenoxy) is 1. The summed E-state index contributed by atoms with van der Waals surface area (Å²) < 4.78 is 5.42. The van der Waals surface area contributed by atoms with Gasteiger partial charge in [-0.3, -0.25) is 0 Å². The van der Waals surface area contributed by atoms with Crippen molar-refractivity contribution in [3.8, 4) is 6.01 Å². The predicted molar refractivity (Wildman–Crippen MR) is 70.9 cm³/mol. The number of aryl methyl sites for hydroxylation is 1. The van der Waals surface area contributed by atoms with Crippen molar-refractivity contribution in [2.24, 2.45) is 0 Å². The second kappa shape index (κ2) is 6.42. The Kier molecular flexibility index (Phi) is 5.19. The molecule has 17 heavy (non-hydrogen) atoms. The van der Waals surface area contributed by atoms with Crippen molar-refractivity contribution in [2.75, 3.05) is 24.6 Å². The molecular formula is C13H23N3O. The Bertz CT molecular complexity index is 362. The van der Waals surface area contributed by atoms with Crippen molar-refractivity contribution in [1.29, 1.82) is 0 Å². The predicted octanol–water partition coefficient (Wildman–Crippen LogP) is 2.59. The molecule has 1 aromatic heterocycles. The van der Waals surface area contributed by atoms with Crippen LogP contribution in [0.25, 0.3) is 0 Å². The highest BCUT2D eigenvalue weighted by atomic mass is 16.5. The van der Waals surface area contributed by atoms with Crippen LogP contribution < -0.4 is 9.64 Å². The molecule has 0 aliphatic rings. The first-order chi connectivity index (χ1) is 8.17. The Labute approximate surface area is 104 Å². The minimum absolute atomic E-state index is 0.490. The van der Waals surface area contributed by atoms with Gasteiger partial charge < -0.3 is 9.64 Å². The van der Waals surface area contributed by atoms with Gasteiger partial charge in [0.25, 0.3) is 0 Å². The molecule has 4 heteroatoms. The van der Waals surface area contributed by atoms with Gasteiger partial charge in [-0.15, -0.1) is 0 Å². The van der Waals surface area contributed by atoms with E-state index in [0.717, 1.165) is 31.0 Å². The second-order valence-electron chi connectivity index (χ2n) is 3.85. The number of aromatic nitrogens is 2. The summed E-state index contributed by atoms with van der Waals surface area (Å²) in [7, 11) is 0. The monoisotopic (exact) mass is 237 g/mol. The van der Waals surface area contributed by atoms with Gasteiger partial charge in [0.05, 0.1) is 6.61 Å². The maximum absolute atomic E-state index is 5.42. The smallest absolute Gasteiger partial charge is 0.318 e. The molecule has 1 heterocycles. The first kappa shape index (κ1) is 13.7. The zero-order valence-corrected chi connectivity index (χ0v) is 11.6. The lowest BCUT2D eigenvalue weighted by atomic mass is 10.1. The van der Waals surface area contributed by atoms with Crippen LogP contribution in [0.5, 0.6) is 6.01 Å². The number of anilines is 1. The van der Waals surface area contributed by atoms with E-state index < -0.39 is 0 Å². The third-order valence-corrected chi connectivity index (χ3v) is 2.86. The zero-order chi connectivity index (χ0) is 12.8. The van der Waals surface area contributed by atoms with E-state index in [2.05, 4.69) is 35.6 Å². The van der Waals surface area contributed by atoms with Crippen LogP contribution in [0.2, 0.25) is 0 Å². The van der Waals surface area contributed by atoms with Gasteiger partial charge in [0.15, 0.2) is 0 Å². The summed E-state index contributed by atoms with van der Waals surface area (Å²) in [6.45, 7) is 12.9. The summed E-state index contributed by atoms with van der Waals surface area (Å²) in [4.78, 5) is 11.2. The molecule has 0 amide bonds. The molecule has 4 nitrogen and oxygen atoms in total. The quantitative estimate of drug-likeness (QED) is 0.762. The summed E-state index contributed by atoms with van der Waals surface area (Å²) in [5.41, 5.74) is 2.24. The molecule has 0 aliphatic carbocycles. The van der Waals surface area contributed by atoms with Gasteiger partial charge in [-0.05, 0) is 34.1 Å². The fourth-order valence-electron chi connectivity index (χ4n) is 1.95. The van der Waals surface area contributed by atoms with E-state index in [0.29, 0.717) is 12.6 Å². The molecule has 0 spiro atoms. The molecule has 0 fully saturated rings. The Morgan fingerprint density at radius 2 is 1.71 bits per heavy atom. The first-order valence-corrected chi connectivity index (χ1v) is 6.43. The van der Waals surface area contributed by atoms with Crippen LogP contribution in [0.3, 0.4) is 0 Å². The topological polar surface area (TPSA) is 38.2 Å². The highest BCUT2D eigenvalue weighted by Crippen LogP contribution is 2.23. The van der Waals surface area contributed by atoms with E-state index in [4.69, 9.17) is 4.74 Å². The zero-order valence-electron chi connectivity index (χ0n) is 11.6. The van der Waals surface area contributed by atoms with Crippen LogP contribution in [-0.2, 0) is 6.42 Å². The Balaban J connectivity index is 3.22. The Morgan fingerprint density at radius 3 is 2.18 bits per heavy atom. The van der Waals surface area contributed by atoms with Crippen LogP contribution in [0, 0.1) is 6.92 Å². The molecular weight excluding hydrogens is 214 g/mol. The molecule has 0 unspecified atom stereocenters. The Morgan fingerprint density at radius 1 is 1.06 bits per heavy atom. The van der Waals surface area contributed by atoms with E-state index in [1.165, 1.54) is 5.56 Å². The minimum Gasteiger partial charge on any atom is -0.464 e. The SMILES string of the molecule is CCOc1nc(C)c(CC)c(N(CC)CC)n1. The molecule has 0 bridgehead atoms. The first-order valence-electron chi connectivity index (χ1n) is 6.43. The van der Waals surface area contributed by atoms with Crippen molar-refractivity contribution in [3.63, 3.8) is 0 Å². The summed E-state index contributed by atoms with van der Waals surface area (Å²) in [5.74, 6) is 1.02. The van der Waals surface area contributed by atoms with Gasteiger partial charge in [-0.1, -0.05) is 6.92 Å². The molecule has 0 aromatic carbocycles. The van der Waals surface area contributed by atoms with Gasteiger partial charge in [0, 0.05) is 24.3 Å². The van der Waals surface area contributed by atoms with Crippen molar-refractivity contribution < 1.29 is 4.74 Å². The third-order valence-electron chi connectivity index (χ3n) is 2.86. The van der Waals surface area contributed by atoms with Gasteiger partial charge in [0.2, 0.25) is 0 Å². The van der Waals surface area contributed by atoms with Gasteiger partial charge in [-0.2, -0.15) is 4.98 Å². The highest BCUT2D eigenvalue weighted by molar-refractivity contribution is 5.49. The molecule has 1 aromatic rings. The minimum atomic E-state index is 0.490. The van der Waals surface area contributed by atoms with Crippen LogP contribution in [0.1, 0.15) is 39.0 Å². The third kappa shape index (κ3) is 3.08. The van der Waals surface area contributed by atoms with Crippen molar-refractivity contribution in [2.45, 2.75) is 41.0 Å². The van der Waals surface area contributed by atoms with Gasteiger partial charge in [-0.25, -0.2) is 4.98 Å². The molecule has 0 saturated heterocycles. The average Bonchev–Trinajstić information content (AvgIpc) is 2.31. The van der Waals surface area contributed by atoms with Crippen molar-refractivity contribution in [3.05, 3.63) is 11.3 Å². The average molecular weight is 237 g/mol. The summed E-state index contributed by atoms with van der Waals surface area (Å²) in [6, 6.07) is 0.490. The fourth-order valence-corrected chi connectivity index (χ4v) is 1.95. The van der Waals surface area contributed by atoms with Gasteiger partial charge in [0.1, 0.15) is 5.82 Å². The Hall–Kier alpha value is -1.32. The fraction of sp³-hybridized carbons (Fsp3) is 0.692. The number of rotatable bonds is 6. The lowest BCUT2D eigenvalue weighted by molar-refractivity contribution is 0.311. The summed E-state index contributed by atoms with van der Waals surface area (Å²) in [5, 5.41) is 0. The van der Waals surface area contributed by atoms with E-state index in [-0.39, 0.29) is 0 Å². The lowest BCUT2D eigenvalue weighted by Crippen LogP contribution is -2.25. The molecule has 96 valence electrons. The van der Waals surface area contributed by atoms with Crippen LogP contribution in [0.15, 0.2) is 0 Å². The molecule has 1 rings (SSSR count). The normalized spacial score (nSPS) is 10.4. The van der Waals surface area contributed by atoms with Crippen LogP contribution >= 0.6 is 0 Å². The number of hydrogen-bond donors (Lipinski definition) is 0. The summed E-state index contributed by atoms with van der Waals surface area (Å²) >= 11 is 0. The van der Waals surface area contributed by atoms with E-state index in [1.807, 2.05) is 13.8 Å². The standard InChI is InChI=1S/C13H23N3O/c1-6-11-10(5)14-13(17-9-4)15-12(11)16(7-2)8-3/h6-9H2,1-5H3. The second-order valence-corrected chi connectivity index (χ2v) is 3.85. The lowest BCUT2D eigenvalue weighted by Gasteiger charge is -2.23. The molecule has 0 N–H and O–H groups in total. The number of nitrogens with zero attached hydrogens (tertiary/aromatic N) is 3. The van der Waals surface area contributed by atoms with Crippen molar-refractivity contribution >= 4 is 5.82 Å². The van der Waals surface area contributed by atoms with Crippen LogP contribution in [0.4, 0.5) is 5.82 Å². The maximum atomic E-state index is 5.42. The largest absolute Gasteiger partial charge is 0.464 e. The number of hydrogen-bond acceptors (Lipinski definition) is 4. The highest BCUT2D eigenvalue weighted by Gasteiger charge is 2.14. The van der Waals surface area contributed by atoms with E-state index in [9.17, 15) is 0 Å². The van der Waals surface area contributed by atoms with Crippen molar-refractivity contribution in [1.82, 2.24) is 9.97 Å².